The average molecular weight is 306 g/mol. The van der Waals surface area contributed by atoms with Crippen LogP contribution in [0.2, 0.25) is 0 Å². The van der Waals surface area contributed by atoms with Gasteiger partial charge in [-0.15, -0.1) is 0 Å². The van der Waals surface area contributed by atoms with Crippen LogP contribution in [0.1, 0.15) is 20.8 Å². The van der Waals surface area contributed by atoms with E-state index >= 15 is 0 Å². The Balaban J connectivity index is 1.74. The first-order valence-electron chi connectivity index (χ1n) is 7.15. The Hall–Kier alpha value is -2.12. The number of nitrogens with one attached hydrogen (secondary N) is 3. The molecule has 0 bridgehead atoms. The molecule has 7 nitrogen and oxygen atoms in total. The van der Waals surface area contributed by atoms with E-state index in [0.29, 0.717) is 12.5 Å². The second-order valence-electron chi connectivity index (χ2n) is 6.07. The Labute approximate surface area is 129 Å². The zero-order chi connectivity index (χ0) is 16.2. The number of urea groups is 1. The fourth-order valence-corrected chi connectivity index (χ4v) is 1.75. The quantitative estimate of drug-likeness (QED) is 0.502. The van der Waals surface area contributed by atoms with Gasteiger partial charge in [-0.05, 0) is 12.1 Å². The first kappa shape index (κ1) is 16.3. The highest BCUT2D eigenvalue weighted by atomic mass is 16.6. The molecule has 0 radical (unpaired) electrons. The van der Waals surface area contributed by atoms with Crippen molar-refractivity contribution in [2.24, 2.45) is 5.41 Å². The highest BCUT2D eigenvalue weighted by Gasteiger charge is 2.22. The Kier molecular flexibility index (Phi) is 4.99. The lowest BCUT2D eigenvalue weighted by atomic mass is 9.96. The molecule has 1 aromatic carbocycles. The minimum Gasteiger partial charge on any atom is -0.368 e. The number of para-hydroxylation sites is 2. The van der Waals surface area contributed by atoms with Gasteiger partial charge in [0, 0.05) is 12.0 Å². The zero-order valence-corrected chi connectivity index (χ0v) is 13.0. The Morgan fingerprint density at radius 2 is 2.14 bits per heavy atom. The number of ether oxygens (including phenoxy) is 1. The van der Waals surface area contributed by atoms with Crippen LogP contribution in [0.4, 0.5) is 10.7 Å². The summed E-state index contributed by atoms with van der Waals surface area (Å²) in [7, 11) is 0. The third-order valence-corrected chi connectivity index (χ3v) is 3.03. The lowest BCUT2D eigenvalue weighted by Gasteiger charge is -2.25. The van der Waals surface area contributed by atoms with Crippen LogP contribution in [0, 0.1) is 5.41 Å². The molecule has 0 aliphatic rings. The average Bonchev–Trinajstić information content (AvgIpc) is 2.84. The molecule has 4 N–H and O–H groups in total. The SMILES string of the molecule is CC(C)(C)C(O)OCCNC(=O)Nc1nc2ccccc2[nH]1. The monoisotopic (exact) mass is 306 g/mol. The largest absolute Gasteiger partial charge is 0.368 e. The molecule has 0 saturated heterocycles. The third kappa shape index (κ3) is 4.44. The Bertz CT molecular complexity index is 600. The van der Waals surface area contributed by atoms with Gasteiger partial charge in [-0.1, -0.05) is 32.9 Å². The van der Waals surface area contributed by atoms with Gasteiger partial charge in [-0.25, -0.2) is 9.78 Å². The van der Waals surface area contributed by atoms with Crippen LogP contribution in [-0.2, 0) is 4.74 Å². The number of carbonyl (C=O) groups is 1. The first-order chi connectivity index (χ1) is 10.4. The maximum Gasteiger partial charge on any atom is 0.321 e. The van der Waals surface area contributed by atoms with E-state index in [0.717, 1.165) is 11.0 Å². The summed E-state index contributed by atoms with van der Waals surface area (Å²) in [4.78, 5) is 19.0. The van der Waals surface area contributed by atoms with Crippen molar-refractivity contribution in [1.82, 2.24) is 15.3 Å². The minimum absolute atomic E-state index is 0.228. The molecule has 0 spiro atoms. The zero-order valence-electron chi connectivity index (χ0n) is 13.0. The van der Waals surface area contributed by atoms with E-state index in [1.807, 2.05) is 45.0 Å². The lowest BCUT2D eigenvalue weighted by molar-refractivity contribution is -0.157. The molecular formula is C15H22N4O3. The Morgan fingerprint density at radius 1 is 1.41 bits per heavy atom. The van der Waals surface area contributed by atoms with E-state index in [1.54, 1.807) is 0 Å². The van der Waals surface area contributed by atoms with Gasteiger partial charge in [0.05, 0.1) is 17.6 Å². The number of fused-ring (bicyclic) bond motifs is 1. The van der Waals surface area contributed by atoms with Gasteiger partial charge in [-0.2, -0.15) is 0 Å². The number of hydrogen-bond acceptors (Lipinski definition) is 4. The molecule has 22 heavy (non-hydrogen) atoms. The molecule has 0 aliphatic carbocycles. The van der Waals surface area contributed by atoms with Crippen molar-refractivity contribution in [2.75, 3.05) is 18.5 Å². The molecular weight excluding hydrogens is 284 g/mol. The minimum atomic E-state index is -0.868. The van der Waals surface area contributed by atoms with Gasteiger partial charge in [-0.3, -0.25) is 5.32 Å². The van der Waals surface area contributed by atoms with E-state index in [4.69, 9.17) is 4.74 Å². The van der Waals surface area contributed by atoms with Gasteiger partial charge < -0.3 is 20.1 Å². The van der Waals surface area contributed by atoms with Crippen molar-refractivity contribution in [2.45, 2.75) is 27.1 Å². The molecule has 0 saturated carbocycles. The fraction of sp³-hybridized carbons (Fsp3) is 0.467. The van der Waals surface area contributed by atoms with E-state index in [9.17, 15) is 9.90 Å². The second-order valence-corrected chi connectivity index (χ2v) is 6.07. The van der Waals surface area contributed by atoms with Crippen molar-refractivity contribution in [3.8, 4) is 0 Å². The normalized spacial score (nSPS) is 13.1. The molecule has 1 aromatic heterocycles. The van der Waals surface area contributed by atoms with Crippen LogP contribution >= 0.6 is 0 Å². The van der Waals surface area contributed by atoms with Crippen molar-refractivity contribution >= 4 is 23.0 Å². The number of H-pyrrole nitrogens is 1. The summed E-state index contributed by atoms with van der Waals surface area (Å²) in [6, 6.07) is 7.13. The van der Waals surface area contributed by atoms with Crippen LogP contribution in [-0.4, -0.2) is 40.5 Å². The topological polar surface area (TPSA) is 99.3 Å². The number of aliphatic hydroxyl groups excluding tert-OH is 1. The summed E-state index contributed by atoms with van der Waals surface area (Å²) in [5, 5.41) is 15.0. The predicted octanol–water partition coefficient (Wildman–Crippen LogP) is 2.07. The molecule has 7 heteroatoms. The van der Waals surface area contributed by atoms with E-state index in [1.165, 1.54) is 0 Å². The van der Waals surface area contributed by atoms with E-state index < -0.39 is 6.29 Å². The summed E-state index contributed by atoms with van der Waals surface area (Å²) >= 11 is 0. The molecule has 1 heterocycles. The van der Waals surface area contributed by atoms with Gasteiger partial charge >= 0.3 is 6.03 Å². The first-order valence-corrected chi connectivity index (χ1v) is 7.15. The van der Waals surface area contributed by atoms with Crippen molar-refractivity contribution in [3.63, 3.8) is 0 Å². The van der Waals surface area contributed by atoms with E-state index in [2.05, 4.69) is 20.6 Å². The number of hydrogen-bond donors (Lipinski definition) is 4. The molecule has 2 rings (SSSR count). The van der Waals surface area contributed by atoms with Crippen LogP contribution < -0.4 is 10.6 Å². The third-order valence-electron chi connectivity index (χ3n) is 3.03. The number of imidazole rings is 1. The summed E-state index contributed by atoms with van der Waals surface area (Å²) in [5.74, 6) is 0.384. The van der Waals surface area contributed by atoms with Crippen LogP contribution in [0.3, 0.4) is 0 Å². The number of aromatic amines is 1. The molecule has 120 valence electrons. The number of aromatic nitrogens is 2. The predicted molar refractivity (Wildman–Crippen MR) is 84.5 cm³/mol. The van der Waals surface area contributed by atoms with Gasteiger partial charge in [0.25, 0.3) is 0 Å². The molecule has 2 aromatic rings. The molecule has 1 unspecified atom stereocenters. The summed E-state index contributed by atoms with van der Waals surface area (Å²) < 4.78 is 5.24. The highest BCUT2D eigenvalue weighted by Crippen LogP contribution is 2.19. The number of amides is 2. The van der Waals surface area contributed by atoms with Gasteiger partial charge in [0.2, 0.25) is 5.95 Å². The van der Waals surface area contributed by atoms with Crippen LogP contribution in [0.5, 0.6) is 0 Å². The molecule has 0 aliphatic heterocycles. The number of rotatable bonds is 5. The molecule has 2 amide bonds. The molecule has 1 atom stereocenters. The van der Waals surface area contributed by atoms with Gasteiger partial charge in [0.15, 0.2) is 6.29 Å². The number of anilines is 1. The number of nitrogens with zero attached hydrogens (tertiary/aromatic N) is 1. The standard InChI is InChI=1S/C15H22N4O3/c1-15(2,3)12(20)22-9-8-16-14(21)19-13-17-10-6-4-5-7-11(10)18-13/h4-7,12,20H,8-9H2,1-3H3,(H3,16,17,18,19,21). The van der Waals surface area contributed by atoms with E-state index in [-0.39, 0.29) is 18.1 Å². The van der Waals surface area contributed by atoms with Crippen molar-refractivity contribution in [1.29, 1.82) is 0 Å². The summed E-state index contributed by atoms with van der Waals surface area (Å²) in [5.41, 5.74) is 1.29. The Morgan fingerprint density at radius 3 is 2.82 bits per heavy atom. The fourth-order valence-electron chi connectivity index (χ4n) is 1.75. The maximum absolute atomic E-state index is 11.7. The summed E-state index contributed by atoms with van der Waals surface area (Å²) in [6.07, 6.45) is -0.868. The van der Waals surface area contributed by atoms with Crippen molar-refractivity contribution < 1.29 is 14.6 Å². The van der Waals surface area contributed by atoms with Gasteiger partial charge in [0.1, 0.15) is 0 Å². The van der Waals surface area contributed by atoms with Crippen LogP contribution in [0.25, 0.3) is 11.0 Å². The number of aliphatic hydroxyl groups is 1. The highest BCUT2D eigenvalue weighted by molar-refractivity contribution is 5.89. The lowest BCUT2D eigenvalue weighted by Crippen LogP contribution is -2.35. The summed E-state index contributed by atoms with van der Waals surface area (Å²) in [6.45, 7) is 6.14. The van der Waals surface area contributed by atoms with Crippen LogP contribution in [0.15, 0.2) is 24.3 Å². The molecule has 0 fully saturated rings. The number of carbonyl (C=O) groups excluding carboxylic acids is 1. The number of benzene rings is 1. The maximum atomic E-state index is 11.7. The smallest absolute Gasteiger partial charge is 0.321 e. The van der Waals surface area contributed by atoms with Crippen molar-refractivity contribution in [3.05, 3.63) is 24.3 Å². The second kappa shape index (κ2) is 6.76.